The molecule has 7 nitrogen and oxygen atoms in total. The largest absolute Gasteiger partial charge is 0.280 e. The van der Waals surface area contributed by atoms with Crippen LogP contribution in [-0.2, 0) is 10.0 Å². The van der Waals surface area contributed by atoms with E-state index in [9.17, 15) is 18.0 Å². The number of rotatable bonds is 5. The Balaban J connectivity index is 1.50. The number of amides is 2. The van der Waals surface area contributed by atoms with Crippen LogP contribution >= 0.6 is 22.7 Å². The molecule has 158 valence electrons. The standard InChI is InChI=1S/C21H17N3O4S3/c1-13-14-7-3-5-10-17(14)30-19(13)21(26)23-22-20(25)15-8-2-4-9-16(15)24-31(27,28)18-11-6-12-29-18/h2-12,24H,1H3,(H,22,25)(H,23,26). The van der Waals surface area contributed by atoms with Gasteiger partial charge in [0.05, 0.1) is 16.1 Å². The number of anilines is 1. The fourth-order valence-corrected chi connectivity index (χ4v) is 6.19. The summed E-state index contributed by atoms with van der Waals surface area (Å²) in [5.41, 5.74) is 5.80. The third-order valence-corrected chi connectivity index (χ3v) is 8.55. The van der Waals surface area contributed by atoms with Crippen molar-refractivity contribution in [1.82, 2.24) is 10.9 Å². The first-order valence-corrected chi connectivity index (χ1v) is 12.3. The van der Waals surface area contributed by atoms with Gasteiger partial charge in [0.1, 0.15) is 4.21 Å². The molecule has 0 saturated carbocycles. The highest BCUT2D eigenvalue weighted by atomic mass is 32.2. The second kappa shape index (κ2) is 8.50. The Kier molecular flexibility index (Phi) is 5.77. The van der Waals surface area contributed by atoms with Crippen molar-refractivity contribution in [2.45, 2.75) is 11.1 Å². The SMILES string of the molecule is Cc1c(C(=O)NNC(=O)c2ccccc2NS(=O)(=O)c2cccs2)sc2ccccc12. The van der Waals surface area contributed by atoms with Gasteiger partial charge in [-0.3, -0.25) is 25.2 Å². The molecule has 3 N–H and O–H groups in total. The predicted molar refractivity (Wildman–Crippen MR) is 123 cm³/mol. The van der Waals surface area contributed by atoms with Crippen molar-refractivity contribution in [2.24, 2.45) is 0 Å². The zero-order valence-electron chi connectivity index (χ0n) is 16.2. The fourth-order valence-electron chi connectivity index (χ4n) is 3.01. The summed E-state index contributed by atoms with van der Waals surface area (Å²) in [5.74, 6) is -1.08. The number of hydrazine groups is 1. The van der Waals surface area contributed by atoms with E-state index in [1.165, 1.54) is 29.5 Å². The van der Waals surface area contributed by atoms with Gasteiger partial charge in [-0.2, -0.15) is 0 Å². The Morgan fingerprint density at radius 2 is 1.58 bits per heavy atom. The highest BCUT2D eigenvalue weighted by Gasteiger charge is 2.20. The van der Waals surface area contributed by atoms with Crippen LogP contribution < -0.4 is 15.6 Å². The van der Waals surface area contributed by atoms with Crippen LogP contribution in [0.5, 0.6) is 0 Å². The first kappa shape index (κ1) is 21.0. The van der Waals surface area contributed by atoms with Gasteiger partial charge in [0, 0.05) is 4.70 Å². The fraction of sp³-hybridized carbons (Fsp3) is 0.0476. The van der Waals surface area contributed by atoms with Gasteiger partial charge >= 0.3 is 0 Å². The van der Waals surface area contributed by atoms with E-state index in [2.05, 4.69) is 15.6 Å². The average Bonchev–Trinajstić information content (AvgIpc) is 3.41. The summed E-state index contributed by atoms with van der Waals surface area (Å²) in [6.45, 7) is 1.85. The van der Waals surface area contributed by atoms with Gasteiger partial charge in [0.2, 0.25) is 0 Å². The Bertz CT molecular complexity index is 1380. The molecule has 4 aromatic rings. The van der Waals surface area contributed by atoms with E-state index in [0.29, 0.717) is 4.88 Å². The number of sulfonamides is 1. The first-order chi connectivity index (χ1) is 14.9. The molecule has 0 radical (unpaired) electrons. The number of hydrogen-bond donors (Lipinski definition) is 3. The quantitative estimate of drug-likeness (QED) is 0.380. The van der Waals surface area contributed by atoms with Crippen LogP contribution in [0.2, 0.25) is 0 Å². The third-order valence-electron chi connectivity index (χ3n) is 4.52. The highest BCUT2D eigenvalue weighted by Crippen LogP contribution is 2.30. The van der Waals surface area contributed by atoms with Crippen molar-refractivity contribution < 1.29 is 18.0 Å². The summed E-state index contributed by atoms with van der Waals surface area (Å²) >= 11 is 2.41. The molecule has 2 aromatic heterocycles. The molecule has 0 aliphatic heterocycles. The van der Waals surface area contributed by atoms with Gasteiger partial charge in [-0.25, -0.2) is 8.42 Å². The van der Waals surface area contributed by atoms with Crippen molar-refractivity contribution in [2.75, 3.05) is 4.72 Å². The molecule has 10 heteroatoms. The second-order valence-corrected chi connectivity index (χ2v) is 10.5. The Morgan fingerprint density at radius 3 is 2.32 bits per heavy atom. The zero-order valence-corrected chi connectivity index (χ0v) is 18.7. The summed E-state index contributed by atoms with van der Waals surface area (Å²) in [4.78, 5) is 25.8. The molecule has 2 amide bonds. The Morgan fingerprint density at radius 1 is 0.871 bits per heavy atom. The highest BCUT2D eigenvalue weighted by molar-refractivity contribution is 7.94. The van der Waals surface area contributed by atoms with E-state index >= 15 is 0 Å². The average molecular weight is 472 g/mol. The van der Waals surface area contributed by atoms with Gasteiger partial charge in [-0.1, -0.05) is 36.4 Å². The normalized spacial score (nSPS) is 11.3. The number of fused-ring (bicyclic) bond motifs is 1. The lowest BCUT2D eigenvalue weighted by Crippen LogP contribution is -2.41. The molecule has 0 atom stereocenters. The first-order valence-electron chi connectivity index (χ1n) is 9.11. The summed E-state index contributed by atoms with van der Waals surface area (Å²) in [6, 6.07) is 16.9. The van der Waals surface area contributed by atoms with Crippen molar-refractivity contribution >= 4 is 60.3 Å². The number of nitrogens with one attached hydrogen (secondary N) is 3. The van der Waals surface area contributed by atoms with E-state index in [4.69, 9.17) is 0 Å². The summed E-state index contributed by atoms with van der Waals surface area (Å²) in [7, 11) is -3.82. The van der Waals surface area contributed by atoms with E-state index in [1.54, 1.807) is 23.6 Å². The topological polar surface area (TPSA) is 104 Å². The second-order valence-electron chi connectivity index (χ2n) is 6.54. The number of para-hydroxylation sites is 1. The van der Waals surface area contributed by atoms with Crippen LogP contribution in [0.1, 0.15) is 25.6 Å². The van der Waals surface area contributed by atoms with Gasteiger partial charge in [0.15, 0.2) is 0 Å². The minimum absolute atomic E-state index is 0.0796. The maximum absolute atomic E-state index is 12.7. The van der Waals surface area contributed by atoms with E-state index in [-0.39, 0.29) is 15.5 Å². The van der Waals surface area contributed by atoms with Crippen molar-refractivity contribution in [1.29, 1.82) is 0 Å². The molecule has 31 heavy (non-hydrogen) atoms. The molecule has 4 rings (SSSR count). The lowest BCUT2D eigenvalue weighted by atomic mass is 10.1. The smallest absolute Gasteiger partial charge is 0.278 e. The summed E-state index contributed by atoms with van der Waals surface area (Å²) in [6.07, 6.45) is 0. The Labute approximate surface area is 186 Å². The lowest BCUT2D eigenvalue weighted by molar-refractivity contribution is 0.0849. The van der Waals surface area contributed by atoms with Crippen LogP contribution in [0.3, 0.4) is 0 Å². The van der Waals surface area contributed by atoms with Crippen LogP contribution in [0, 0.1) is 6.92 Å². The molecule has 0 bridgehead atoms. The van der Waals surface area contributed by atoms with E-state index < -0.39 is 21.8 Å². The molecular weight excluding hydrogens is 454 g/mol. The van der Waals surface area contributed by atoms with Gasteiger partial charge in [-0.15, -0.1) is 22.7 Å². The van der Waals surface area contributed by atoms with Crippen molar-refractivity contribution in [3.8, 4) is 0 Å². The van der Waals surface area contributed by atoms with Gasteiger partial charge in [0.25, 0.3) is 21.8 Å². The van der Waals surface area contributed by atoms with Crippen molar-refractivity contribution in [3.05, 3.63) is 82.0 Å². The minimum Gasteiger partial charge on any atom is -0.278 e. The number of thiophene rings is 2. The summed E-state index contributed by atoms with van der Waals surface area (Å²) in [5, 5.41) is 2.64. The lowest BCUT2D eigenvalue weighted by Gasteiger charge is -2.12. The number of aryl methyl sites for hydroxylation is 1. The third kappa shape index (κ3) is 4.31. The molecule has 2 aromatic carbocycles. The van der Waals surface area contributed by atoms with Crippen LogP contribution in [0.4, 0.5) is 5.69 Å². The van der Waals surface area contributed by atoms with E-state index in [0.717, 1.165) is 27.0 Å². The predicted octanol–water partition coefficient (Wildman–Crippen LogP) is 4.15. The molecule has 2 heterocycles. The molecule has 0 aliphatic rings. The van der Waals surface area contributed by atoms with Crippen molar-refractivity contribution in [3.63, 3.8) is 0 Å². The Hall–Kier alpha value is -3.21. The molecular formula is C21H17N3O4S3. The molecule has 0 aliphatic carbocycles. The monoisotopic (exact) mass is 471 g/mol. The zero-order chi connectivity index (χ0) is 22.0. The maximum Gasteiger partial charge on any atom is 0.280 e. The number of carbonyl (C=O) groups is 2. The van der Waals surface area contributed by atoms with Crippen LogP contribution in [0.25, 0.3) is 10.1 Å². The molecule has 0 fully saturated rings. The molecule has 0 saturated heterocycles. The molecule has 0 unspecified atom stereocenters. The van der Waals surface area contributed by atoms with Crippen LogP contribution in [-0.4, -0.2) is 20.2 Å². The number of carbonyl (C=O) groups excluding carboxylic acids is 2. The molecule has 0 spiro atoms. The minimum atomic E-state index is -3.82. The number of benzene rings is 2. The summed E-state index contributed by atoms with van der Waals surface area (Å²) < 4.78 is 28.6. The van der Waals surface area contributed by atoms with Gasteiger partial charge < -0.3 is 0 Å². The number of hydrogen-bond acceptors (Lipinski definition) is 6. The van der Waals surface area contributed by atoms with E-state index in [1.807, 2.05) is 31.2 Å². The van der Waals surface area contributed by atoms with Crippen LogP contribution in [0.15, 0.2) is 70.3 Å². The van der Waals surface area contributed by atoms with Gasteiger partial charge in [-0.05, 0) is 47.5 Å². The maximum atomic E-state index is 12.7.